The average molecular weight is 200 g/mol. The molecular formula is C12H12N2O. The average Bonchev–Trinajstić information content (AvgIpc) is 2.75. The molecule has 3 nitrogen and oxygen atoms in total. The van der Waals surface area contributed by atoms with E-state index in [9.17, 15) is 4.79 Å². The number of nitrogens with zero attached hydrogens (tertiary/aromatic N) is 1. The zero-order chi connectivity index (χ0) is 10.4. The smallest absolute Gasteiger partial charge is 0.249 e. The van der Waals surface area contributed by atoms with Gasteiger partial charge >= 0.3 is 0 Å². The lowest BCUT2D eigenvalue weighted by molar-refractivity contribution is 0.0999. The Morgan fingerprint density at radius 2 is 2.33 bits per heavy atom. The second kappa shape index (κ2) is 2.92. The summed E-state index contributed by atoms with van der Waals surface area (Å²) < 4.78 is 0. The van der Waals surface area contributed by atoms with Crippen LogP contribution in [-0.4, -0.2) is 11.9 Å². The highest BCUT2D eigenvalue weighted by atomic mass is 16.1. The fourth-order valence-corrected chi connectivity index (χ4v) is 2.62. The number of nitrogens with two attached hydrogens (primary N) is 1. The van der Waals surface area contributed by atoms with Crippen LogP contribution in [0.1, 0.15) is 29.6 Å². The first kappa shape index (κ1) is 8.65. The number of hydrogen-bond acceptors (Lipinski definition) is 2. The largest absolute Gasteiger partial charge is 0.366 e. The Labute approximate surface area is 87.3 Å². The predicted octanol–water partition coefficient (Wildman–Crippen LogP) is 0.122. The zero-order valence-electron chi connectivity index (χ0n) is 8.36. The summed E-state index contributed by atoms with van der Waals surface area (Å²) in [6.07, 6.45) is 3.35. The third kappa shape index (κ3) is 1.12. The topological polar surface area (TPSA) is 55.5 Å². The van der Waals surface area contributed by atoms with Crippen LogP contribution in [0.25, 0.3) is 5.57 Å². The first-order valence-electron chi connectivity index (χ1n) is 5.27. The van der Waals surface area contributed by atoms with Gasteiger partial charge in [0.1, 0.15) is 0 Å². The Morgan fingerprint density at radius 1 is 1.47 bits per heavy atom. The fraction of sp³-hybridized carbons (Fsp3) is 0.333. The molecule has 1 amide bonds. The molecule has 1 atom stereocenters. The second-order valence-corrected chi connectivity index (χ2v) is 4.13. The summed E-state index contributed by atoms with van der Waals surface area (Å²) >= 11 is 0. The summed E-state index contributed by atoms with van der Waals surface area (Å²) in [4.78, 5) is 15.9. The monoisotopic (exact) mass is 200 g/mol. The molecule has 76 valence electrons. The lowest BCUT2D eigenvalue weighted by Crippen LogP contribution is -2.32. The lowest BCUT2D eigenvalue weighted by atomic mass is 10.1. The van der Waals surface area contributed by atoms with Gasteiger partial charge in [-0.1, -0.05) is 6.07 Å². The molecule has 0 spiro atoms. The van der Waals surface area contributed by atoms with Crippen molar-refractivity contribution in [1.82, 2.24) is 0 Å². The van der Waals surface area contributed by atoms with Crippen molar-refractivity contribution >= 4 is 11.5 Å². The molecule has 1 aliphatic carbocycles. The molecule has 0 radical (unpaired) electrons. The minimum Gasteiger partial charge on any atom is -0.366 e. The van der Waals surface area contributed by atoms with Crippen LogP contribution in [0.5, 0.6) is 0 Å². The molecule has 1 aromatic rings. The quantitative estimate of drug-likeness (QED) is 0.688. The minimum absolute atomic E-state index is 0.320. The normalized spacial score (nSPS) is 22.1. The molecule has 1 heterocycles. The van der Waals surface area contributed by atoms with Crippen molar-refractivity contribution in [2.45, 2.75) is 25.3 Å². The van der Waals surface area contributed by atoms with Gasteiger partial charge < -0.3 is 5.73 Å². The van der Waals surface area contributed by atoms with Gasteiger partial charge in [0.15, 0.2) is 0 Å². The number of carbonyl (C=O) groups is 1. The molecule has 3 heteroatoms. The van der Waals surface area contributed by atoms with Gasteiger partial charge in [-0.3, -0.25) is 9.79 Å². The van der Waals surface area contributed by atoms with Crippen LogP contribution in [0.15, 0.2) is 23.2 Å². The summed E-state index contributed by atoms with van der Waals surface area (Å²) in [5.41, 5.74) is 7.33. The Balaban J connectivity index is 2.42. The Morgan fingerprint density at radius 3 is 3.13 bits per heavy atom. The predicted molar refractivity (Wildman–Crippen MR) is 56.8 cm³/mol. The summed E-state index contributed by atoms with van der Waals surface area (Å²) in [5.74, 6) is -0.345. The molecule has 1 fully saturated rings. The SMILES string of the molecule is NC(=O)c1cccc2c1=C1CCCC1N=2. The minimum atomic E-state index is -0.345. The summed E-state index contributed by atoms with van der Waals surface area (Å²) in [6.45, 7) is 0. The van der Waals surface area contributed by atoms with E-state index in [1.165, 1.54) is 12.0 Å². The number of benzene rings is 1. The van der Waals surface area contributed by atoms with E-state index < -0.39 is 0 Å². The van der Waals surface area contributed by atoms with Crippen LogP contribution in [0.2, 0.25) is 0 Å². The van der Waals surface area contributed by atoms with E-state index >= 15 is 0 Å². The first-order valence-corrected chi connectivity index (χ1v) is 5.27. The number of amides is 1. The van der Waals surface area contributed by atoms with E-state index in [1.807, 2.05) is 12.1 Å². The number of hydrogen-bond donors (Lipinski definition) is 1. The van der Waals surface area contributed by atoms with Gasteiger partial charge in [0.2, 0.25) is 5.91 Å². The highest BCUT2D eigenvalue weighted by molar-refractivity contribution is 5.94. The van der Waals surface area contributed by atoms with Gasteiger partial charge in [-0.2, -0.15) is 0 Å². The van der Waals surface area contributed by atoms with Gasteiger partial charge in [-0.25, -0.2) is 0 Å². The van der Waals surface area contributed by atoms with Gasteiger partial charge in [0.25, 0.3) is 0 Å². The van der Waals surface area contributed by atoms with Gasteiger partial charge in [0.05, 0.1) is 11.4 Å². The fourth-order valence-electron chi connectivity index (χ4n) is 2.62. The number of fused-ring (bicyclic) bond motifs is 2. The molecule has 1 aliphatic heterocycles. The van der Waals surface area contributed by atoms with Crippen molar-refractivity contribution in [3.63, 3.8) is 0 Å². The van der Waals surface area contributed by atoms with E-state index in [0.29, 0.717) is 11.6 Å². The summed E-state index contributed by atoms with van der Waals surface area (Å²) in [5, 5.41) is 1.97. The molecule has 1 saturated carbocycles. The lowest BCUT2D eigenvalue weighted by Gasteiger charge is -1.99. The standard InChI is InChI=1S/C12H12N2O/c13-12(15)8-4-2-6-10-11(8)7-3-1-5-9(7)14-10/h2,4,6,9H,1,3,5H2,(H2,13,15). The summed E-state index contributed by atoms with van der Waals surface area (Å²) in [7, 11) is 0. The molecular weight excluding hydrogens is 188 g/mol. The molecule has 0 aromatic heterocycles. The third-order valence-corrected chi connectivity index (χ3v) is 3.25. The maximum Gasteiger partial charge on any atom is 0.249 e. The van der Waals surface area contributed by atoms with Gasteiger partial charge in [-0.15, -0.1) is 0 Å². The first-order chi connectivity index (χ1) is 7.27. The van der Waals surface area contributed by atoms with Crippen molar-refractivity contribution in [2.75, 3.05) is 0 Å². The number of primary amides is 1. The highest BCUT2D eigenvalue weighted by Gasteiger charge is 2.26. The molecule has 0 bridgehead atoms. The van der Waals surface area contributed by atoms with Crippen molar-refractivity contribution in [3.8, 4) is 0 Å². The van der Waals surface area contributed by atoms with E-state index in [-0.39, 0.29) is 5.91 Å². The highest BCUT2D eigenvalue weighted by Crippen LogP contribution is 2.28. The van der Waals surface area contributed by atoms with E-state index in [0.717, 1.165) is 23.4 Å². The van der Waals surface area contributed by atoms with Crippen LogP contribution in [0.3, 0.4) is 0 Å². The number of carbonyl (C=O) groups excluding carboxylic acids is 1. The summed E-state index contributed by atoms with van der Waals surface area (Å²) in [6, 6.07) is 5.93. The molecule has 0 saturated heterocycles. The van der Waals surface area contributed by atoms with Gasteiger partial charge in [0, 0.05) is 10.8 Å². The van der Waals surface area contributed by atoms with Crippen molar-refractivity contribution in [1.29, 1.82) is 0 Å². The van der Waals surface area contributed by atoms with Crippen LogP contribution in [0, 0.1) is 0 Å². The van der Waals surface area contributed by atoms with Crippen molar-refractivity contribution in [2.24, 2.45) is 10.7 Å². The van der Waals surface area contributed by atoms with Gasteiger partial charge in [-0.05, 0) is 37.0 Å². The van der Waals surface area contributed by atoms with E-state index in [1.54, 1.807) is 6.07 Å². The van der Waals surface area contributed by atoms with Crippen LogP contribution in [0.4, 0.5) is 0 Å². The van der Waals surface area contributed by atoms with Crippen molar-refractivity contribution in [3.05, 3.63) is 34.3 Å². The third-order valence-electron chi connectivity index (χ3n) is 3.25. The molecule has 3 rings (SSSR count). The van der Waals surface area contributed by atoms with Crippen LogP contribution < -0.4 is 16.3 Å². The molecule has 1 aromatic carbocycles. The van der Waals surface area contributed by atoms with Crippen LogP contribution in [-0.2, 0) is 0 Å². The maximum atomic E-state index is 11.3. The maximum absolute atomic E-state index is 11.3. The number of rotatable bonds is 1. The second-order valence-electron chi connectivity index (χ2n) is 4.13. The zero-order valence-corrected chi connectivity index (χ0v) is 8.36. The molecule has 2 N–H and O–H groups in total. The molecule has 15 heavy (non-hydrogen) atoms. The van der Waals surface area contributed by atoms with E-state index in [4.69, 9.17) is 5.73 Å². The Bertz CT molecular complexity index is 559. The van der Waals surface area contributed by atoms with E-state index in [2.05, 4.69) is 4.99 Å². The Kier molecular flexibility index (Phi) is 1.69. The molecule has 1 unspecified atom stereocenters. The van der Waals surface area contributed by atoms with Crippen molar-refractivity contribution < 1.29 is 4.79 Å². The van der Waals surface area contributed by atoms with Crippen LogP contribution >= 0.6 is 0 Å². The Hall–Kier alpha value is -1.64. The molecule has 2 aliphatic rings.